The second-order valence-corrected chi connectivity index (χ2v) is 21.2. The number of carbonyl (C=O) groups excluding carboxylic acids is 5. The molecule has 0 spiro atoms. The molecule has 4 atom stereocenters. The van der Waals surface area contributed by atoms with Gasteiger partial charge in [-0.05, 0) is 113 Å². The van der Waals surface area contributed by atoms with Crippen LogP contribution in [0, 0.1) is 0 Å². The molecule has 0 saturated heterocycles. The van der Waals surface area contributed by atoms with E-state index in [-0.39, 0.29) is 38.9 Å². The summed E-state index contributed by atoms with van der Waals surface area (Å²) in [5.41, 5.74) is 3.47. The SMILES string of the molecule is CN(C(=O)OC(C)(C)C)[C@@H](CC(C)(C)F)C(=O)O[C@H](Cc1ccc(C2=CCOCC2)cc1)C(=O)OCc1ccccc1.CN[C@@H](CC(C)(C)F)C(=O)O[C@H](Cc1ccc(C2=CCOCC2)cc1)C(=O)OCc1ccccc1. The highest BCUT2D eigenvalue weighted by molar-refractivity contribution is 5.85. The summed E-state index contributed by atoms with van der Waals surface area (Å²) in [7, 11) is 2.91. The second-order valence-electron chi connectivity index (χ2n) is 21.2. The van der Waals surface area contributed by atoms with Crippen LogP contribution in [-0.2, 0) is 78.4 Å². The highest BCUT2D eigenvalue weighted by Gasteiger charge is 2.39. The Bertz CT molecular complexity index is 2590. The molecule has 77 heavy (non-hydrogen) atoms. The molecule has 14 nitrogen and oxygen atoms in total. The summed E-state index contributed by atoms with van der Waals surface area (Å²) in [5, 5.41) is 2.79. The van der Waals surface area contributed by atoms with Crippen LogP contribution in [0.25, 0.3) is 11.1 Å². The Morgan fingerprint density at radius 2 is 0.987 bits per heavy atom. The predicted octanol–water partition coefficient (Wildman–Crippen LogP) is 10.5. The standard InChI is InChI=1S/C33H42FNO7.C28H34FNO5/c1-32(2,3)42-31(38)35(6)27(21-33(4,5)34)29(36)41-28(30(37)40-22-24-10-8-7-9-11-24)20-23-12-14-25(15-13-23)26-16-18-39-19-17-26;1-28(2,29)18-24(30-3)26(31)35-25(27(32)34-19-21-7-5-4-6-8-21)17-20-9-11-22(12-10-20)23-13-15-33-16-14-23/h7-16,27-28H,17-22H2,1-6H3;4-13,24-25,30H,14-19H2,1-3H3/t27-,28+;24-,25+/m00/s1. The van der Waals surface area contributed by atoms with Crippen molar-refractivity contribution in [2.75, 3.05) is 40.5 Å². The third-order valence-corrected chi connectivity index (χ3v) is 12.3. The molecular weight excluding hydrogens is 991 g/mol. The van der Waals surface area contributed by atoms with Crippen molar-refractivity contribution in [2.45, 2.75) is 141 Å². The molecule has 0 saturated carbocycles. The Hall–Kier alpha value is -6.75. The molecule has 0 fully saturated rings. The van der Waals surface area contributed by atoms with Crippen molar-refractivity contribution in [2.24, 2.45) is 0 Å². The Morgan fingerprint density at radius 3 is 1.35 bits per heavy atom. The summed E-state index contributed by atoms with van der Waals surface area (Å²) in [4.78, 5) is 66.3. The van der Waals surface area contributed by atoms with E-state index >= 15 is 0 Å². The van der Waals surface area contributed by atoms with Crippen LogP contribution in [0.4, 0.5) is 13.6 Å². The van der Waals surface area contributed by atoms with Gasteiger partial charge in [0, 0.05) is 32.7 Å². The average molecular weight is 1070 g/mol. The Morgan fingerprint density at radius 1 is 0.571 bits per heavy atom. The number of nitrogens with one attached hydrogen (secondary N) is 1. The molecular formula is C61H76F2N2O12. The molecule has 6 rings (SSSR count). The molecule has 2 aliphatic heterocycles. The van der Waals surface area contributed by atoms with Crippen LogP contribution in [0.1, 0.15) is 108 Å². The molecule has 416 valence electrons. The molecule has 4 aromatic rings. The van der Waals surface area contributed by atoms with Gasteiger partial charge in [0.05, 0.1) is 26.4 Å². The second kappa shape index (κ2) is 29.1. The number of benzene rings is 4. The van der Waals surface area contributed by atoms with E-state index in [4.69, 9.17) is 33.2 Å². The van der Waals surface area contributed by atoms with Crippen LogP contribution >= 0.6 is 0 Å². The highest BCUT2D eigenvalue weighted by atomic mass is 19.1. The molecule has 2 heterocycles. The maximum absolute atomic E-state index is 14.8. The summed E-state index contributed by atoms with van der Waals surface area (Å²) < 4.78 is 67.4. The van der Waals surface area contributed by atoms with E-state index in [1.807, 2.05) is 115 Å². The summed E-state index contributed by atoms with van der Waals surface area (Å²) in [5.74, 6) is -3.02. The van der Waals surface area contributed by atoms with Crippen LogP contribution in [0.15, 0.2) is 121 Å². The van der Waals surface area contributed by atoms with Crippen molar-refractivity contribution in [3.63, 3.8) is 0 Å². The van der Waals surface area contributed by atoms with Crippen LogP contribution in [0.2, 0.25) is 0 Å². The van der Waals surface area contributed by atoms with Crippen molar-refractivity contribution in [3.8, 4) is 0 Å². The fourth-order valence-corrected chi connectivity index (χ4v) is 8.23. The largest absolute Gasteiger partial charge is 0.458 e. The molecule has 2 aliphatic rings. The number of alkyl halides is 2. The van der Waals surface area contributed by atoms with E-state index < -0.39 is 71.2 Å². The third-order valence-electron chi connectivity index (χ3n) is 12.3. The molecule has 16 heteroatoms. The summed E-state index contributed by atoms with van der Waals surface area (Å²) in [6, 6.07) is 31.6. The van der Waals surface area contributed by atoms with E-state index in [2.05, 4.69) is 11.4 Å². The predicted molar refractivity (Wildman–Crippen MR) is 290 cm³/mol. The minimum atomic E-state index is -1.82. The summed E-state index contributed by atoms with van der Waals surface area (Å²) in [6.45, 7) is 13.0. The van der Waals surface area contributed by atoms with Gasteiger partial charge in [-0.3, -0.25) is 9.69 Å². The van der Waals surface area contributed by atoms with Gasteiger partial charge in [-0.2, -0.15) is 0 Å². The number of rotatable bonds is 22. The lowest BCUT2D eigenvalue weighted by molar-refractivity contribution is -0.172. The number of likely N-dealkylation sites (N-methyl/N-ethyl adjacent to an activating group) is 2. The number of halogens is 2. The Kier molecular flexibility index (Phi) is 23.1. The number of amides is 1. The first kappa shape index (κ1) is 61.1. The lowest BCUT2D eigenvalue weighted by Gasteiger charge is -2.32. The van der Waals surface area contributed by atoms with E-state index in [0.717, 1.165) is 51.1 Å². The van der Waals surface area contributed by atoms with Crippen LogP contribution in [-0.4, -0.2) is 117 Å². The van der Waals surface area contributed by atoms with Gasteiger partial charge < -0.3 is 38.5 Å². The van der Waals surface area contributed by atoms with E-state index in [9.17, 15) is 32.8 Å². The van der Waals surface area contributed by atoms with Crippen molar-refractivity contribution in [1.82, 2.24) is 10.2 Å². The normalized spacial score (nSPS) is 15.4. The van der Waals surface area contributed by atoms with Crippen molar-refractivity contribution >= 4 is 41.1 Å². The molecule has 0 aliphatic carbocycles. The first-order valence-electron chi connectivity index (χ1n) is 26.0. The number of esters is 4. The topological polar surface area (TPSA) is 165 Å². The molecule has 0 bridgehead atoms. The lowest BCUT2D eigenvalue weighted by Crippen LogP contribution is -2.49. The molecule has 1 amide bonds. The maximum Gasteiger partial charge on any atom is 0.410 e. The van der Waals surface area contributed by atoms with Gasteiger partial charge in [-0.15, -0.1) is 0 Å². The van der Waals surface area contributed by atoms with Crippen LogP contribution < -0.4 is 5.32 Å². The number of hydrogen-bond donors (Lipinski definition) is 1. The summed E-state index contributed by atoms with van der Waals surface area (Å²) >= 11 is 0. The van der Waals surface area contributed by atoms with Gasteiger partial charge in [0.2, 0.25) is 12.2 Å². The lowest BCUT2D eigenvalue weighted by atomic mass is 9.98. The van der Waals surface area contributed by atoms with E-state index in [0.29, 0.717) is 26.4 Å². The first-order valence-corrected chi connectivity index (χ1v) is 26.0. The highest BCUT2D eigenvalue weighted by Crippen LogP contribution is 2.27. The molecule has 1 N–H and O–H groups in total. The monoisotopic (exact) mass is 1070 g/mol. The van der Waals surface area contributed by atoms with E-state index in [1.165, 1.54) is 45.9 Å². The number of nitrogens with zero attached hydrogens (tertiary/aromatic N) is 1. The van der Waals surface area contributed by atoms with Gasteiger partial charge in [0.15, 0.2) is 0 Å². The van der Waals surface area contributed by atoms with Crippen LogP contribution in [0.5, 0.6) is 0 Å². The third kappa shape index (κ3) is 21.7. The van der Waals surface area contributed by atoms with Gasteiger partial charge in [-0.25, -0.2) is 28.0 Å². The molecule has 0 aromatic heterocycles. The zero-order valence-corrected chi connectivity index (χ0v) is 45.9. The van der Waals surface area contributed by atoms with Gasteiger partial charge in [0.1, 0.15) is 42.2 Å². The number of ether oxygens (including phenoxy) is 7. The fourth-order valence-electron chi connectivity index (χ4n) is 8.23. The van der Waals surface area contributed by atoms with Crippen molar-refractivity contribution in [3.05, 3.63) is 155 Å². The van der Waals surface area contributed by atoms with Crippen molar-refractivity contribution in [1.29, 1.82) is 0 Å². The van der Waals surface area contributed by atoms with Crippen LogP contribution in [0.3, 0.4) is 0 Å². The maximum atomic E-state index is 14.8. The quantitative estimate of drug-likeness (QED) is 0.0584. The molecule has 0 radical (unpaired) electrons. The van der Waals surface area contributed by atoms with Crippen molar-refractivity contribution < 1.29 is 65.9 Å². The molecule has 0 unspecified atom stereocenters. The Labute approximate surface area is 452 Å². The smallest absolute Gasteiger partial charge is 0.410 e. The number of carbonyl (C=O) groups is 5. The molecule has 4 aromatic carbocycles. The minimum absolute atomic E-state index is 0.0123. The fraction of sp³-hybridized carbons (Fsp3) is 0.459. The zero-order valence-electron chi connectivity index (χ0n) is 45.9. The van der Waals surface area contributed by atoms with Gasteiger partial charge >= 0.3 is 30.0 Å². The minimum Gasteiger partial charge on any atom is -0.458 e. The summed E-state index contributed by atoms with van der Waals surface area (Å²) in [6.07, 6.45) is 2.21. The first-order chi connectivity index (χ1) is 36.5. The van der Waals surface area contributed by atoms with Gasteiger partial charge in [-0.1, -0.05) is 121 Å². The average Bonchev–Trinajstić information content (AvgIpc) is 3.40. The van der Waals surface area contributed by atoms with E-state index in [1.54, 1.807) is 27.8 Å². The van der Waals surface area contributed by atoms with Gasteiger partial charge in [0.25, 0.3) is 0 Å². The number of hydrogen-bond acceptors (Lipinski definition) is 13. The zero-order chi connectivity index (χ0) is 56.2. The Balaban J connectivity index is 0.000000289.